The minimum Gasteiger partial charge on any atom is -0.455 e. The fourth-order valence-electron chi connectivity index (χ4n) is 3.65. The molecule has 0 aromatic rings. The molecule has 2 aliphatic rings. The largest absolute Gasteiger partial charge is 0.455 e. The molecule has 0 saturated carbocycles. The second kappa shape index (κ2) is 5.93. The maximum Gasteiger partial charge on any atom is 0.303 e. The molecule has 4 nitrogen and oxygen atoms in total. The van der Waals surface area contributed by atoms with Crippen LogP contribution in [0.2, 0.25) is 0 Å². The molecule has 0 aliphatic heterocycles. The summed E-state index contributed by atoms with van der Waals surface area (Å²) in [6.45, 7) is 7.58. The van der Waals surface area contributed by atoms with E-state index in [0.29, 0.717) is 18.8 Å². The molecule has 2 aliphatic carbocycles. The van der Waals surface area contributed by atoms with Crippen LogP contribution < -0.4 is 0 Å². The smallest absolute Gasteiger partial charge is 0.303 e. The van der Waals surface area contributed by atoms with Crippen LogP contribution in [0.4, 0.5) is 0 Å². The van der Waals surface area contributed by atoms with E-state index in [2.05, 4.69) is 19.9 Å². The standard InChI is InChI=1S/C17H26O4/c1-10-9-17(4)11(2)7-14(19)8-13(17)5-6-15(20)16(10)21-12(3)18/h8-9,11,14-16,19-20H,5-7H2,1-4H3/b10-9-/t11-,14-,15-,16-,17+/m0/s1. The fourth-order valence-corrected chi connectivity index (χ4v) is 3.65. The minimum atomic E-state index is -0.704. The van der Waals surface area contributed by atoms with Crippen LogP contribution in [0.1, 0.15) is 47.0 Å². The van der Waals surface area contributed by atoms with E-state index in [0.717, 1.165) is 12.0 Å². The average Bonchev–Trinajstić information content (AvgIpc) is 2.37. The van der Waals surface area contributed by atoms with Crippen molar-refractivity contribution in [3.63, 3.8) is 0 Å². The first kappa shape index (κ1) is 16.2. The van der Waals surface area contributed by atoms with E-state index in [9.17, 15) is 15.0 Å². The molecule has 5 atom stereocenters. The first-order chi connectivity index (χ1) is 9.74. The molecular weight excluding hydrogens is 268 g/mol. The van der Waals surface area contributed by atoms with Crippen molar-refractivity contribution >= 4 is 5.97 Å². The summed E-state index contributed by atoms with van der Waals surface area (Å²) < 4.78 is 5.31. The maximum absolute atomic E-state index is 11.3. The molecule has 0 unspecified atom stereocenters. The number of hydrogen-bond donors (Lipinski definition) is 2. The van der Waals surface area contributed by atoms with Crippen LogP contribution in [0, 0.1) is 11.3 Å². The molecule has 0 fully saturated rings. The highest BCUT2D eigenvalue weighted by atomic mass is 16.6. The van der Waals surface area contributed by atoms with Gasteiger partial charge in [0.05, 0.1) is 12.2 Å². The molecule has 0 saturated heterocycles. The number of fused-ring (bicyclic) bond motifs is 1. The van der Waals surface area contributed by atoms with Gasteiger partial charge in [0.25, 0.3) is 0 Å². The number of hydrogen-bond acceptors (Lipinski definition) is 4. The lowest BCUT2D eigenvalue weighted by atomic mass is 9.63. The molecule has 0 aromatic heterocycles. The van der Waals surface area contributed by atoms with Crippen molar-refractivity contribution in [2.75, 3.05) is 0 Å². The summed E-state index contributed by atoms with van der Waals surface area (Å²) >= 11 is 0. The number of rotatable bonds is 1. The van der Waals surface area contributed by atoms with Crippen molar-refractivity contribution in [2.24, 2.45) is 11.3 Å². The van der Waals surface area contributed by atoms with Crippen molar-refractivity contribution in [3.8, 4) is 0 Å². The third-order valence-corrected chi connectivity index (χ3v) is 5.03. The third-order valence-electron chi connectivity index (χ3n) is 5.03. The van der Waals surface area contributed by atoms with Crippen molar-refractivity contribution in [3.05, 3.63) is 23.3 Å². The molecule has 0 heterocycles. The van der Waals surface area contributed by atoms with Gasteiger partial charge in [0.15, 0.2) is 0 Å². The normalized spacial score (nSPS) is 42.8. The number of carbonyl (C=O) groups is 1. The van der Waals surface area contributed by atoms with Gasteiger partial charge < -0.3 is 14.9 Å². The Balaban J connectivity index is 2.42. The lowest BCUT2D eigenvalue weighted by Gasteiger charge is -2.43. The number of allylic oxidation sites excluding steroid dienone is 2. The molecule has 0 amide bonds. The Labute approximate surface area is 126 Å². The summed E-state index contributed by atoms with van der Waals surface area (Å²) in [4.78, 5) is 11.3. The van der Waals surface area contributed by atoms with Gasteiger partial charge in [-0.15, -0.1) is 0 Å². The van der Waals surface area contributed by atoms with E-state index >= 15 is 0 Å². The van der Waals surface area contributed by atoms with Gasteiger partial charge in [0.2, 0.25) is 0 Å². The second-order valence-electron chi connectivity index (χ2n) is 6.70. The highest BCUT2D eigenvalue weighted by Crippen LogP contribution is 2.47. The molecule has 0 spiro atoms. The van der Waals surface area contributed by atoms with Crippen LogP contribution in [0.3, 0.4) is 0 Å². The van der Waals surface area contributed by atoms with Gasteiger partial charge in [0, 0.05) is 12.3 Å². The maximum atomic E-state index is 11.3. The van der Waals surface area contributed by atoms with Gasteiger partial charge in [0.1, 0.15) is 6.10 Å². The average molecular weight is 294 g/mol. The predicted octanol–water partition coefficient (Wildman–Crippen LogP) is 2.35. The Hall–Kier alpha value is -1.13. The zero-order chi connectivity index (χ0) is 15.8. The van der Waals surface area contributed by atoms with Gasteiger partial charge in [-0.1, -0.05) is 31.6 Å². The van der Waals surface area contributed by atoms with Crippen molar-refractivity contribution < 1.29 is 19.7 Å². The Bertz CT molecular complexity index is 479. The Morgan fingerprint density at radius 2 is 2.10 bits per heavy atom. The van der Waals surface area contributed by atoms with Gasteiger partial charge in [-0.2, -0.15) is 0 Å². The summed E-state index contributed by atoms with van der Waals surface area (Å²) in [5.41, 5.74) is 1.91. The Kier molecular flexibility index (Phi) is 4.59. The van der Waals surface area contributed by atoms with E-state index in [1.807, 2.05) is 13.0 Å². The Morgan fingerprint density at radius 3 is 2.71 bits per heavy atom. The third kappa shape index (κ3) is 3.22. The lowest BCUT2D eigenvalue weighted by Crippen LogP contribution is -2.39. The zero-order valence-corrected chi connectivity index (χ0v) is 13.3. The lowest BCUT2D eigenvalue weighted by molar-refractivity contribution is -0.149. The number of ether oxygens (including phenoxy) is 1. The molecule has 0 bridgehead atoms. The van der Waals surface area contributed by atoms with E-state index < -0.39 is 18.3 Å². The van der Waals surface area contributed by atoms with Crippen LogP contribution >= 0.6 is 0 Å². The van der Waals surface area contributed by atoms with Crippen LogP contribution in [0.15, 0.2) is 23.3 Å². The topological polar surface area (TPSA) is 66.8 Å². The zero-order valence-electron chi connectivity index (χ0n) is 13.3. The van der Waals surface area contributed by atoms with E-state index in [1.54, 1.807) is 0 Å². The molecular formula is C17H26O4. The molecule has 0 radical (unpaired) electrons. The summed E-state index contributed by atoms with van der Waals surface area (Å²) in [5, 5.41) is 20.3. The first-order valence-corrected chi connectivity index (χ1v) is 7.68. The van der Waals surface area contributed by atoms with Gasteiger partial charge >= 0.3 is 5.97 Å². The SMILES string of the molecule is CC(=O)O[C@H]1/C(C)=C\[C@@]2(C)C(=C[C@@H](O)C[C@@H]2C)CC[C@@H]1O. The number of esters is 1. The fraction of sp³-hybridized carbons (Fsp3) is 0.706. The summed E-state index contributed by atoms with van der Waals surface area (Å²) in [6.07, 6.45) is 4.34. The van der Waals surface area contributed by atoms with Crippen molar-refractivity contribution in [1.29, 1.82) is 0 Å². The van der Waals surface area contributed by atoms with E-state index in [4.69, 9.17) is 4.74 Å². The summed E-state index contributed by atoms with van der Waals surface area (Å²) in [6, 6.07) is 0. The molecule has 21 heavy (non-hydrogen) atoms. The van der Waals surface area contributed by atoms with Gasteiger partial charge in [-0.05, 0) is 37.7 Å². The highest BCUT2D eigenvalue weighted by Gasteiger charge is 2.40. The van der Waals surface area contributed by atoms with Crippen molar-refractivity contribution in [1.82, 2.24) is 0 Å². The monoisotopic (exact) mass is 294 g/mol. The minimum absolute atomic E-state index is 0.151. The summed E-state index contributed by atoms with van der Waals surface area (Å²) in [5.74, 6) is -0.0731. The molecule has 4 heteroatoms. The van der Waals surface area contributed by atoms with Crippen LogP contribution in [0.5, 0.6) is 0 Å². The number of aliphatic hydroxyl groups excluding tert-OH is 2. The summed E-state index contributed by atoms with van der Waals surface area (Å²) in [7, 11) is 0. The van der Waals surface area contributed by atoms with E-state index in [-0.39, 0.29) is 11.4 Å². The van der Waals surface area contributed by atoms with Gasteiger partial charge in [-0.25, -0.2) is 0 Å². The molecule has 118 valence electrons. The number of aliphatic hydroxyl groups is 2. The second-order valence-corrected chi connectivity index (χ2v) is 6.70. The predicted molar refractivity (Wildman–Crippen MR) is 80.5 cm³/mol. The quantitative estimate of drug-likeness (QED) is 0.575. The highest BCUT2D eigenvalue weighted by molar-refractivity contribution is 5.66. The Morgan fingerprint density at radius 1 is 1.43 bits per heavy atom. The van der Waals surface area contributed by atoms with Crippen LogP contribution in [-0.2, 0) is 9.53 Å². The van der Waals surface area contributed by atoms with Gasteiger partial charge in [-0.3, -0.25) is 4.79 Å². The number of carbonyl (C=O) groups excluding carboxylic acids is 1. The molecule has 2 N–H and O–H groups in total. The van der Waals surface area contributed by atoms with E-state index in [1.165, 1.54) is 12.5 Å². The van der Waals surface area contributed by atoms with Crippen LogP contribution in [0.25, 0.3) is 0 Å². The first-order valence-electron chi connectivity index (χ1n) is 7.68. The van der Waals surface area contributed by atoms with Crippen LogP contribution in [-0.4, -0.2) is 34.5 Å². The molecule has 0 aromatic carbocycles. The molecule has 2 rings (SSSR count). The van der Waals surface area contributed by atoms with Crippen molar-refractivity contribution in [2.45, 2.75) is 65.3 Å².